The molecule has 1 aromatic carbocycles. The lowest BCUT2D eigenvalue weighted by molar-refractivity contribution is 0.270. The molecule has 0 saturated heterocycles. The minimum atomic E-state index is -0.0512. The first-order valence-electron chi connectivity index (χ1n) is 6.36. The van der Waals surface area contributed by atoms with E-state index in [1.807, 2.05) is 0 Å². The average molecular weight is 251 g/mol. The lowest BCUT2D eigenvalue weighted by atomic mass is 9.98. The molecule has 96 valence electrons. The smallest absolute Gasteiger partial charge is 0.0322 e. The summed E-state index contributed by atoms with van der Waals surface area (Å²) in [4.78, 5) is 2.37. The predicted molar refractivity (Wildman–Crippen MR) is 79.9 cm³/mol. The van der Waals surface area contributed by atoms with Gasteiger partial charge in [0.2, 0.25) is 0 Å². The van der Waals surface area contributed by atoms with Crippen molar-refractivity contribution in [1.82, 2.24) is 4.90 Å². The van der Waals surface area contributed by atoms with Crippen molar-refractivity contribution in [3.8, 4) is 0 Å². The maximum absolute atomic E-state index is 4.59. The third-order valence-corrected chi connectivity index (χ3v) is 3.70. The van der Waals surface area contributed by atoms with E-state index >= 15 is 0 Å². The van der Waals surface area contributed by atoms with E-state index < -0.39 is 0 Å². The van der Waals surface area contributed by atoms with Crippen molar-refractivity contribution >= 4 is 12.6 Å². The lowest BCUT2D eigenvalue weighted by Gasteiger charge is -2.23. The highest BCUT2D eigenvalue weighted by molar-refractivity contribution is 7.81. The molecule has 0 fully saturated rings. The number of nitrogens with zero attached hydrogens (tertiary/aromatic N) is 1. The van der Waals surface area contributed by atoms with Gasteiger partial charge in [0.05, 0.1) is 0 Å². The highest BCUT2D eigenvalue weighted by atomic mass is 32.1. The quantitative estimate of drug-likeness (QED) is 0.780. The van der Waals surface area contributed by atoms with Gasteiger partial charge in [0, 0.05) is 10.8 Å². The molecule has 0 heterocycles. The molecule has 0 radical (unpaired) electrons. The predicted octanol–water partition coefficient (Wildman–Crippen LogP) is 3.73. The molecule has 1 unspecified atom stereocenters. The van der Waals surface area contributed by atoms with Gasteiger partial charge < -0.3 is 4.90 Å². The van der Waals surface area contributed by atoms with Crippen LogP contribution in [-0.4, -0.2) is 24.5 Å². The van der Waals surface area contributed by atoms with Gasteiger partial charge in [-0.05, 0) is 51.9 Å². The Morgan fingerprint density at radius 2 is 1.76 bits per heavy atom. The molecule has 1 rings (SSSR count). The first-order valence-corrected chi connectivity index (χ1v) is 6.81. The maximum Gasteiger partial charge on any atom is 0.0322 e. The fraction of sp³-hybridized carbons (Fsp3) is 0.600. The molecular formula is C15H25NS. The van der Waals surface area contributed by atoms with Crippen LogP contribution in [0.15, 0.2) is 24.3 Å². The summed E-state index contributed by atoms with van der Waals surface area (Å²) in [5.41, 5.74) is 2.68. The maximum atomic E-state index is 4.59. The van der Waals surface area contributed by atoms with Gasteiger partial charge in [-0.2, -0.15) is 12.6 Å². The zero-order valence-corrected chi connectivity index (χ0v) is 12.6. The van der Waals surface area contributed by atoms with Crippen LogP contribution in [0, 0.1) is 0 Å². The standard InChI is InChI=1S/C15H25NS/c1-6-16(5)12(2)11-13-7-9-14(10-8-13)15(3,4)17/h7-10,12,17H,6,11H2,1-5H3. The summed E-state index contributed by atoms with van der Waals surface area (Å²) < 4.78 is -0.0512. The monoisotopic (exact) mass is 251 g/mol. The molecule has 0 aliphatic rings. The van der Waals surface area contributed by atoms with Crippen LogP contribution >= 0.6 is 12.6 Å². The number of likely N-dealkylation sites (N-methyl/N-ethyl adjacent to an activating group) is 1. The van der Waals surface area contributed by atoms with Crippen LogP contribution in [0.4, 0.5) is 0 Å². The second-order valence-corrected chi connectivity index (χ2v) is 6.50. The van der Waals surface area contributed by atoms with Crippen LogP contribution in [0.3, 0.4) is 0 Å². The summed E-state index contributed by atoms with van der Waals surface area (Å²) in [6.45, 7) is 9.82. The molecule has 0 aliphatic heterocycles. The molecule has 0 N–H and O–H groups in total. The van der Waals surface area contributed by atoms with Crippen molar-refractivity contribution in [2.24, 2.45) is 0 Å². The van der Waals surface area contributed by atoms with E-state index in [1.54, 1.807) is 0 Å². The second kappa shape index (κ2) is 5.92. The highest BCUT2D eigenvalue weighted by Gasteiger charge is 2.14. The molecule has 2 heteroatoms. The van der Waals surface area contributed by atoms with Gasteiger partial charge in [-0.25, -0.2) is 0 Å². The molecule has 1 nitrogen and oxygen atoms in total. The van der Waals surface area contributed by atoms with Crippen LogP contribution in [0.5, 0.6) is 0 Å². The highest BCUT2D eigenvalue weighted by Crippen LogP contribution is 2.27. The van der Waals surface area contributed by atoms with E-state index in [4.69, 9.17) is 0 Å². The number of benzene rings is 1. The molecule has 0 amide bonds. The summed E-state index contributed by atoms with van der Waals surface area (Å²) in [5, 5.41) is 0. The van der Waals surface area contributed by atoms with Crippen LogP contribution in [0.2, 0.25) is 0 Å². The molecule has 17 heavy (non-hydrogen) atoms. The Labute approximate surface area is 112 Å². The first kappa shape index (κ1) is 14.6. The molecular weight excluding hydrogens is 226 g/mol. The molecule has 0 aromatic heterocycles. The van der Waals surface area contributed by atoms with Crippen molar-refractivity contribution in [2.45, 2.75) is 44.9 Å². The van der Waals surface area contributed by atoms with Gasteiger partial charge in [-0.15, -0.1) is 0 Å². The first-order chi connectivity index (χ1) is 7.84. The number of hydrogen-bond donors (Lipinski definition) is 1. The molecule has 0 bridgehead atoms. The van der Waals surface area contributed by atoms with Gasteiger partial charge in [0.15, 0.2) is 0 Å². The molecule has 0 saturated carbocycles. The van der Waals surface area contributed by atoms with Gasteiger partial charge in [-0.3, -0.25) is 0 Å². The zero-order valence-electron chi connectivity index (χ0n) is 11.7. The Kier molecular flexibility index (Phi) is 5.08. The fourth-order valence-electron chi connectivity index (χ4n) is 1.86. The van der Waals surface area contributed by atoms with Crippen LogP contribution < -0.4 is 0 Å². The van der Waals surface area contributed by atoms with Gasteiger partial charge in [0.1, 0.15) is 0 Å². The molecule has 0 spiro atoms. The largest absolute Gasteiger partial charge is 0.304 e. The lowest BCUT2D eigenvalue weighted by Crippen LogP contribution is -2.30. The molecule has 1 aromatic rings. The Hall–Kier alpha value is -0.470. The summed E-state index contributed by atoms with van der Waals surface area (Å²) >= 11 is 4.59. The Morgan fingerprint density at radius 1 is 1.24 bits per heavy atom. The van der Waals surface area contributed by atoms with E-state index in [0.717, 1.165) is 13.0 Å². The van der Waals surface area contributed by atoms with Crippen molar-refractivity contribution in [2.75, 3.05) is 13.6 Å². The number of hydrogen-bond acceptors (Lipinski definition) is 2. The minimum Gasteiger partial charge on any atom is -0.304 e. The van der Waals surface area contributed by atoms with Crippen molar-refractivity contribution in [3.63, 3.8) is 0 Å². The van der Waals surface area contributed by atoms with Crippen molar-refractivity contribution < 1.29 is 0 Å². The second-order valence-electron chi connectivity index (χ2n) is 5.38. The molecule has 1 atom stereocenters. The van der Waals surface area contributed by atoms with E-state index in [9.17, 15) is 0 Å². The van der Waals surface area contributed by atoms with E-state index in [2.05, 4.69) is 76.5 Å². The van der Waals surface area contributed by atoms with Crippen LogP contribution in [0.1, 0.15) is 38.8 Å². The SMILES string of the molecule is CCN(C)C(C)Cc1ccc(C(C)(C)S)cc1. The fourth-order valence-corrected chi connectivity index (χ4v) is 2.01. The van der Waals surface area contributed by atoms with E-state index in [0.29, 0.717) is 6.04 Å². The van der Waals surface area contributed by atoms with Gasteiger partial charge in [0.25, 0.3) is 0 Å². The Balaban J connectivity index is 2.69. The van der Waals surface area contributed by atoms with E-state index in [1.165, 1.54) is 11.1 Å². The normalized spacial score (nSPS) is 14.1. The van der Waals surface area contributed by atoms with Gasteiger partial charge in [-0.1, -0.05) is 31.2 Å². The van der Waals surface area contributed by atoms with Crippen molar-refractivity contribution in [3.05, 3.63) is 35.4 Å². The number of rotatable bonds is 5. The third-order valence-electron chi connectivity index (χ3n) is 3.44. The molecule has 0 aliphatic carbocycles. The zero-order chi connectivity index (χ0) is 13.1. The Bertz CT molecular complexity index is 337. The topological polar surface area (TPSA) is 3.24 Å². The summed E-state index contributed by atoms with van der Waals surface area (Å²) in [6.07, 6.45) is 1.11. The minimum absolute atomic E-state index is 0.0512. The van der Waals surface area contributed by atoms with Crippen LogP contribution in [-0.2, 0) is 11.2 Å². The van der Waals surface area contributed by atoms with Gasteiger partial charge >= 0.3 is 0 Å². The third kappa shape index (κ3) is 4.36. The van der Waals surface area contributed by atoms with Crippen molar-refractivity contribution in [1.29, 1.82) is 0 Å². The Morgan fingerprint density at radius 3 is 2.18 bits per heavy atom. The summed E-state index contributed by atoms with van der Waals surface area (Å²) in [6, 6.07) is 9.44. The number of thiol groups is 1. The summed E-state index contributed by atoms with van der Waals surface area (Å²) in [7, 11) is 2.18. The summed E-state index contributed by atoms with van der Waals surface area (Å²) in [5.74, 6) is 0. The van der Waals surface area contributed by atoms with E-state index in [-0.39, 0.29) is 4.75 Å². The van der Waals surface area contributed by atoms with Crippen LogP contribution in [0.25, 0.3) is 0 Å². The average Bonchev–Trinajstić information content (AvgIpc) is 2.27.